The van der Waals surface area contributed by atoms with E-state index in [-0.39, 0.29) is 34.5 Å². The molecule has 1 unspecified atom stereocenters. The number of amides is 1. The molecule has 2 N–H and O–H groups in total. The number of nitrogens with one attached hydrogen (secondary N) is 2. The number of benzene rings is 1. The summed E-state index contributed by atoms with van der Waals surface area (Å²) in [6, 6.07) is 9.37. The van der Waals surface area contributed by atoms with Gasteiger partial charge >= 0.3 is 5.69 Å². The van der Waals surface area contributed by atoms with E-state index in [1.807, 2.05) is 38.1 Å². The average Bonchev–Trinajstić information content (AvgIpc) is 2.85. The minimum atomic E-state index is -0.615. The number of H-pyrrole nitrogens is 1. The fourth-order valence-electron chi connectivity index (χ4n) is 4.32. The molecular formula is C26H35N5O4. The number of likely N-dealkylation sites (N-methyl/N-ethyl adjacent to an activating group) is 1. The number of fused-ring (bicyclic) bond motifs is 1. The van der Waals surface area contributed by atoms with Crippen molar-refractivity contribution < 1.29 is 9.53 Å². The lowest BCUT2D eigenvalue weighted by Crippen LogP contribution is -2.39. The summed E-state index contributed by atoms with van der Waals surface area (Å²) in [6.07, 6.45) is 0. The second-order valence-electron chi connectivity index (χ2n) is 8.68. The van der Waals surface area contributed by atoms with Crippen molar-refractivity contribution in [3.8, 4) is 5.75 Å². The first-order chi connectivity index (χ1) is 16.7. The van der Waals surface area contributed by atoms with E-state index in [9.17, 15) is 14.4 Å². The molecule has 3 aromatic rings. The Bertz CT molecular complexity index is 1310. The van der Waals surface area contributed by atoms with Crippen LogP contribution >= 0.6 is 0 Å². The fraction of sp³-hybridized carbons (Fsp3) is 0.462. The summed E-state index contributed by atoms with van der Waals surface area (Å²) >= 11 is 0. The van der Waals surface area contributed by atoms with Crippen LogP contribution in [0, 0.1) is 0 Å². The molecule has 0 spiro atoms. The number of carbonyl (C=O) groups excluding carboxylic acids is 1. The second-order valence-corrected chi connectivity index (χ2v) is 8.68. The molecule has 35 heavy (non-hydrogen) atoms. The van der Waals surface area contributed by atoms with Gasteiger partial charge in [-0.05, 0) is 49.7 Å². The van der Waals surface area contributed by atoms with E-state index < -0.39 is 11.2 Å². The lowest BCUT2D eigenvalue weighted by Gasteiger charge is -2.30. The van der Waals surface area contributed by atoms with E-state index in [0.29, 0.717) is 18.8 Å². The number of pyridine rings is 1. The minimum Gasteiger partial charge on any atom is -0.497 e. The first-order valence-corrected chi connectivity index (χ1v) is 12.1. The number of hydrogen-bond donors (Lipinski definition) is 2. The summed E-state index contributed by atoms with van der Waals surface area (Å²) in [6.45, 7) is 12.1. The summed E-state index contributed by atoms with van der Waals surface area (Å²) < 4.78 is 6.78. The zero-order valence-corrected chi connectivity index (χ0v) is 21.3. The SMILES string of the molecule is CCN(CC)C(CNC(=O)c1cc(C(C)C)nc2c1c(=O)[nH]c(=O)n2CC)c1cccc(OC)c1. The van der Waals surface area contributed by atoms with E-state index in [2.05, 4.69) is 34.0 Å². The highest BCUT2D eigenvalue weighted by Gasteiger charge is 2.23. The standard InChI is InChI=1S/C26H35N5O4/c1-7-30(8-2)21(17-11-10-12-18(13-17)35-6)15-27-24(32)19-14-20(16(4)5)28-23-22(19)25(33)29-26(34)31(23)9-3/h10-14,16,21H,7-9,15H2,1-6H3,(H,27,32)(H,29,33,34). The maximum Gasteiger partial charge on any atom is 0.329 e. The first-order valence-electron chi connectivity index (χ1n) is 12.1. The monoisotopic (exact) mass is 481 g/mol. The molecule has 0 aliphatic rings. The van der Waals surface area contributed by atoms with Crippen LogP contribution in [0.25, 0.3) is 11.0 Å². The number of aryl methyl sites for hydroxylation is 1. The van der Waals surface area contributed by atoms with Crippen molar-refractivity contribution >= 4 is 16.9 Å². The van der Waals surface area contributed by atoms with E-state index in [1.54, 1.807) is 20.1 Å². The molecule has 0 aliphatic carbocycles. The molecule has 0 bridgehead atoms. The summed E-state index contributed by atoms with van der Waals surface area (Å²) in [5.74, 6) is 0.369. The zero-order chi connectivity index (χ0) is 25.7. The van der Waals surface area contributed by atoms with E-state index in [4.69, 9.17) is 4.74 Å². The normalized spacial score (nSPS) is 12.3. The van der Waals surface area contributed by atoms with Crippen LogP contribution in [0.1, 0.15) is 68.2 Å². The van der Waals surface area contributed by atoms with Gasteiger partial charge in [0.05, 0.1) is 24.1 Å². The van der Waals surface area contributed by atoms with Crippen molar-refractivity contribution in [3.05, 3.63) is 68.0 Å². The smallest absolute Gasteiger partial charge is 0.329 e. The van der Waals surface area contributed by atoms with Gasteiger partial charge in [-0.1, -0.05) is 39.8 Å². The van der Waals surface area contributed by atoms with Gasteiger partial charge in [-0.3, -0.25) is 24.0 Å². The molecule has 1 atom stereocenters. The van der Waals surface area contributed by atoms with Crippen molar-refractivity contribution in [2.75, 3.05) is 26.7 Å². The van der Waals surface area contributed by atoms with Gasteiger partial charge in [0.25, 0.3) is 11.5 Å². The molecule has 9 heteroatoms. The van der Waals surface area contributed by atoms with Crippen molar-refractivity contribution in [3.63, 3.8) is 0 Å². The minimum absolute atomic E-state index is 0.00542. The molecular weight excluding hydrogens is 446 g/mol. The van der Waals surface area contributed by atoms with Crippen molar-refractivity contribution in [2.24, 2.45) is 0 Å². The second kappa shape index (κ2) is 11.3. The molecule has 2 aromatic heterocycles. The third kappa shape index (κ3) is 5.45. The Hall–Kier alpha value is -3.46. The highest BCUT2D eigenvalue weighted by atomic mass is 16.5. The molecule has 188 valence electrons. The van der Waals surface area contributed by atoms with Crippen LogP contribution in [-0.4, -0.2) is 52.1 Å². The molecule has 0 fully saturated rings. The van der Waals surface area contributed by atoms with Gasteiger partial charge in [0.2, 0.25) is 0 Å². The molecule has 1 amide bonds. The summed E-state index contributed by atoms with van der Waals surface area (Å²) in [5.41, 5.74) is 0.952. The molecule has 0 saturated carbocycles. The zero-order valence-electron chi connectivity index (χ0n) is 21.3. The predicted octanol–water partition coefficient (Wildman–Crippen LogP) is 3.05. The van der Waals surface area contributed by atoms with E-state index >= 15 is 0 Å². The van der Waals surface area contributed by atoms with Gasteiger partial charge in [-0.15, -0.1) is 0 Å². The number of aromatic amines is 1. The number of rotatable bonds is 10. The molecule has 2 heterocycles. The van der Waals surface area contributed by atoms with Crippen LogP contribution in [0.3, 0.4) is 0 Å². The van der Waals surface area contributed by atoms with Gasteiger partial charge in [0, 0.05) is 18.8 Å². The topological polar surface area (TPSA) is 109 Å². The van der Waals surface area contributed by atoms with Crippen molar-refractivity contribution in [2.45, 2.75) is 53.1 Å². The van der Waals surface area contributed by atoms with Gasteiger partial charge in [-0.25, -0.2) is 9.78 Å². The van der Waals surface area contributed by atoms with Crippen molar-refractivity contribution in [1.29, 1.82) is 0 Å². The maximum atomic E-state index is 13.5. The number of carbonyl (C=O) groups is 1. The Morgan fingerprint density at radius 2 is 1.89 bits per heavy atom. The third-order valence-electron chi connectivity index (χ3n) is 6.31. The third-order valence-corrected chi connectivity index (χ3v) is 6.31. The Morgan fingerprint density at radius 1 is 1.17 bits per heavy atom. The Labute approximate surface area is 205 Å². The Kier molecular flexibility index (Phi) is 8.45. The van der Waals surface area contributed by atoms with Crippen molar-refractivity contribution in [1.82, 2.24) is 24.8 Å². The van der Waals surface area contributed by atoms with Crippen LogP contribution in [0.15, 0.2) is 39.9 Å². The molecule has 0 aliphatic heterocycles. The van der Waals surface area contributed by atoms with Crippen LogP contribution < -0.4 is 21.3 Å². The summed E-state index contributed by atoms with van der Waals surface area (Å²) in [7, 11) is 1.63. The fourth-order valence-corrected chi connectivity index (χ4v) is 4.32. The quantitative estimate of drug-likeness (QED) is 0.461. The van der Waals surface area contributed by atoms with Gasteiger partial charge in [0.1, 0.15) is 5.75 Å². The molecule has 9 nitrogen and oxygen atoms in total. The van der Waals surface area contributed by atoms with Gasteiger partial charge in [0.15, 0.2) is 5.65 Å². The van der Waals surface area contributed by atoms with Crippen LogP contribution in [0.4, 0.5) is 0 Å². The largest absolute Gasteiger partial charge is 0.497 e. The summed E-state index contributed by atoms with van der Waals surface area (Å²) in [4.78, 5) is 47.8. The van der Waals surface area contributed by atoms with Crippen LogP contribution in [0.5, 0.6) is 5.75 Å². The first kappa shape index (κ1) is 26.2. The van der Waals surface area contributed by atoms with Gasteiger partial charge in [-0.2, -0.15) is 0 Å². The molecule has 0 saturated heterocycles. The summed E-state index contributed by atoms with van der Waals surface area (Å²) in [5, 5.41) is 3.15. The van der Waals surface area contributed by atoms with Gasteiger partial charge < -0.3 is 10.1 Å². The number of aromatic nitrogens is 3. The maximum absolute atomic E-state index is 13.5. The Morgan fingerprint density at radius 3 is 2.49 bits per heavy atom. The van der Waals surface area contributed by atoms with E-state index in [1.165, 1.54) is 4.57 Å². The lowest BCUT2D eigenvalue weighted by molar-refractivity contribution is 0.0936. The number of ether oxygens (including phenoxy) is 1. The van der Waals surface area contributed by atoms with Crippen LogP contribution in [0.2, 0.25) is 0 Å². The molecule has 1 aromatic carbocycles. The predicted molar refractivity (Wildman–Crippen MR) is 137 cm³/mol. The average molecular weight is 482 g/mol. The molecule has 3 rings (SSSR count). The highest BCUT2D eigenvalue weighted by Crippen LogP contribution is 2.25. The molecule has 0 radical (unpaired) electrons. The van der Waals surface area contributed by atoms with Crippen LogP contribution in [-0.2, 0) is 6.54 Å². The number of nitrogens with zero attached hydrogens (tertiary/aromatic N) is 3. The van der Waals surface area contributed by atoms with E-state index in [0.717, 1.165) is 24.4 Å². The number of hydrogen-bond acceptors (Lipinski definition) is 6. The Balaban J connectivity index is 2.06. The highest BCUT2D eigenvalue weighted by molar-refractivity contribution is 6.05. The lowest BCUT2D eigenvalue weighted by atomic mass is 10.0. The number of methoxy groups -OCH3 is 1.